The lowest BCUT2D eigenvalue weighted by molar-refractivity contribution is 0.298. The van der Waals surface area contributed by atoms with Gasteiger partial charge in [-0.1, -0.05) is 43.7 Å². The number of thiocarbonyl (C=S) groups is 1. The second kappa shape index (κ2) is 6.38. The average molecular weight is 276 g/mol. The van der Waals surface area contributed by atoms with Crippen molar-refractivity contribution in [2.45, 2.75) is 45.7 Å². The van der Waals surface area contributed by atoms with Gasteiger partial charge in [-0.25, -0.2) is 0 Å². The minimum absolute atomic E-state index is 0.408. The summed E-state index contributed by atoms with van der Waals surface area (Å²) in [5, 5.41) is 1.03. The number of hydrogen-bond acceptors (Lipinski definition) is 1. The van der Waals surface area contributed by atoms with E-state index in [2.05, 4.69) is 60.9 Å². The third-order valence-corrected chi connectivity index (χ3v) is 4.21. The van der Waals surface area contributed by atoms with Crippen LogP contribution >= 0.6 is 12.2 Å². The molecule has 1 fully saturated rings. The Balaban J connectivity index is 2.20. The van der Waals surface area contributed by atoms with Crippen LogP contribution in [0, 0.1) is 0 Å². The van der Waals surface area contributed by atoms with Crippen molar-refractivity contribution in [1.29, 1.82) is 0 Å². The highest BCUT2D eigenvalue weighted by Gasteiger charge is 2.35. The molecule has 2 rings (SSSR count). The van der Waals surface area contributed by atoms with Crippen LogP contribution in [0.1, 0.15) is 45.2 Å². The zero-order chi connectivity index (χ0) is 13.8. The van der Waals surface area contributed by atoms with Crippen LogP contribution in [-0.4, -0.2) is 34.0 Å². The van der Waals surface area contributed by atoms with Crippen LogP contribution < -0.4 is 0 Å². The molecule has 0 aromatic heterocycles. The van der Waals surface area contributed by atoms with Gasteiger partial charge >= 0.3 is 0 Å². The van der Waals surface area contributed by atoms with Crippen LogP contribution in [0.25, 0.3) is 0 Å². The molecule has 2 nitrogen and oxygen atoms in total. The highest BCUT2D eigenvalue weighted by Crippen LogP contribution is 2.31. The number of nitrogens with zero attached hydrogens (tertiary/aromatic N) is 2. The Hall–Kier alpha value is -1.09. The quantitative estimate of drug-likeness (QED) is 0.755. The maximum Gasteiger partial charge on any atom is 0.172 e. The van der Waals surface area contributed by atoms with Crippen molar-refractivity contribution in [3.8, 4) is 0 Å². The van der Waals surface area contributed by atoms with Gasteiger partial charge in [0, 0.05) is 19.1 Å². The zero-order valence-corrected chi connectivity index (χ0v) is 13.0. The zero-order valence-electron chi connectivity index (χ0n) is 12.2. The minimum Gasteiger partial charge on any atom is -0.347 e. The predicted octanol–water partition coefficient (Wildman–Crippen LogP) is 3.84. The molecule has 0 saturated carbocycles. The van der Waals surface area contributed by atoms with Crippen molar-refractivity contribution >= 4 is 17.3 Å². The molecule has 1 aromatic carbocycles. The Morgan fingerprint density at radius 3 is 2.53 bits per heavy atom. The predicted molar refractivity (Wildman–Crippen MR) is 85.2 cm³/mol. The lowest BCUT2D eigenvalue weighted by atomic mass is 10.1. The van der Waals surface area contributed by atoms with Crippen LogP contribution in [-0.2, 0) is 0 Å². The van der Waals surface area contributed by atoms with Crippen molar-refractivity contribution in [3.63, 3.8) is 0 Å². The van der Waals surface area contributed by atoms with E-state index >= 15 is 0 Å². The third kappa shape index (κ3) is 3.08. The van der Waals surface area contributed by atoms with Gasteiger partial charge in [0.2, 0.25) is 0 Å². The van der Waals surface area contributed by atoms with Crippen LogP contribution in [0.3, 0.4) is 0 Å². The van der Waals surface area contributed by atoms with Gasteiger partial charge in [0.1, 0.15) is 0 Å². The standard InChI is InChI=1S/C16H24N2S/c1-4-5-11-17-12-15(14-9-7-6-8-10-14)18(13(2)3)16(17)19/h6-10,13,15H,4-5,11-12H2,1-3H3. The molecule has 1 atom stereocenters. The van der Waals surface area contributed by atoms with Gasteiger partial charge in [-0.3, -0.25) is 0 Å². The normalized spacial score (nSPS) is 19.6. The first-order valence-corrected chi connectivity index (χ1v) is 7.68. The van der Waals surface area contributed by atoms with Crippen molar-refractivity contribution in [1.82, 2.24) is 9.80 Å². The summed E-state index contributed by atoms with van der Waals surface area (Å²) >= 11 is 5.68. The Labute approximate surface area is 122 Å². The molecule has 0 bridgehead atoms. The highest BCUT2D eigenvalue weighted by molar-refractivity contribution is 7.80. The third-order valence-electron chi connectivity index (χ3n) is 3.74. The molecule has 1 heterocycles. The van der Waals surface area contributed by atoms with E-state index in [1.54, 1.807) is 0 Å². The van der Waals surface area contributed by atoms with E-state index in [1.165, 1.54) is 18.4 Å². The largest absolute Gasteiger partial charge is 0.347 e. The van der Waals surface area contributed by atoms with E-state index in [-0.39, 0.29) is 0 Å². The molecule has 104 valence electrons. The molecule has 3 heteroatoms. The summed E-state index contributed by atoms with van der Waals surface area (Å²) in [4.78, 5) is 4.76. The van der Waals surface area contributed by atoms with Crippen molar-refractivity contribution < 1.29 is 0 Å². The molecular weight excluding hydrogens is 252 g/mol. The molecule has 1 saturated heterocycles. The molecule has 0 aliphatic carbocycles. The van der Waals surface area contributed by atoms with E-state index in [0.29, 0.717) is 12.1 Å². The minimum atomic E-state index is 0.408. The maximum atomic E-state index is 5.68. The molecule has 0 radical (unpaired) electrons. The van der Waals surface area contributed by atoms with E-state index in [4.69, 9.17) is 12.2 Å². The molecule has 0 N–H and O–H groups in total. The van der Waals surface area contributed by atoms with Gasteiger partial charge in [-0.05, 0) is 38.0 Å². The van der Waals surface area contributed by atoms with Gasteiger partial charge in [0.15, 0.2) is 5.11 Å². The summed E-state index contributed by atoms with van der Waals surface area (Å²) in [7, 11) is 0. The summed E-state index contributed by atoms with van der Waals surface area (Å²) in [6.07, 6.45) is 2.43. The molecule has 19 heavy (non-hydrogen) atoms. The maximum absolute atomic E-state index is 5.68. The van der Waals surface area contributed by atoms with Crippen LogP contribution in [0.15, 0.2) is 30.3 Å². The summed E-state index contributed by atoms with van der Waals surface area (Å²) in [5.41, 5.74) is 1.37. The number of hydrogen-bond donors (Lipinski definition) is 0. The van der Waals surface area contributed by atoms with Gasteiger partial charge in [0.05, 0.1) is 6.04 Å². The van der Waals surface area contributed by atoms with Crippen molar-refractivity contribution in [2.24, 2.45) is 0 Å². The van der Waals surface area contributed by atoms with Crippen molar-refractivity contribution in [3.05, 3.63) is 35.9 Å². The smallest absolute Gasteiger partial charge is 0.172 e. The van der Waals surface area contributed by atoms with Gasteiger partial charge in [0.25, 0.3) is 0 Å². The Morgan fingerprint density at radius 2 is 1.95 bits per heavy atom. The van der Waals surface area contributed by atoms with Gasteiger partial charge in [-0.2, -0.15) is 0 Å². The van der Waals surface area contributed by atoms with Gasteiger partial charge < -0.3 is 9.80 Å². The van der Waals surface area contributed by atoms with E-state index in [0.717, 1.165) is 18.2 Å². The second-order valence-electron chi connectivity index (χ2n) is 5.51. The number of unbranched alkanes of at least 4 members (excludes halogenated alkanes) is 1. The van der Waals surface area contributed by atoms with Crippen LogP contribution in [0.5, 0.6) is 0 Å². The van der Waals surface area contributed by atoms with Crippen LogP contribution in [0.4, 0.5) is 0 Å². The van der Waals surface area contributed by atoms with E-state index in [1.807, 2.05) is 0 Å². The topological polar surface area (TPSA) is 6.48 Å². The summed E-state index contributed by atoms with van der Waals surface area (Å²) in [5.74, 6) is 0. The fourth-order valence-electron chi connectivity index (χ4n) is 2.73. The number of benzene rings is 1. The Morgan fingerprint density at radius 1 is 1.26 bits per heavy atom. The van der Waals surface area contributed by atoms with Gasteiger partial charge in [-0.15, -0.1) is 0 Å². The SMILES string of the molecule is CCCCN1CC(c2ccccc2)N(C(C)C)C1=S. The molecule has 0 spiro atoms. The van der Waals surface area contributed by atoms with E-state index in [9.17, 15) is 0 Å². The second-order valence-corrected chi connectivity index (χ2v) is 5.87. The lowest BCUT2D eigenvalue weighted by Crippen LogP contribution is -2.37. The molecule has 1 unspecified atom stereocenters. The molecule has 1 aliphatic rings. The van der Waals surface area contributed by atoms with Crippen LogP contribution in [0.2, 0.25) is 0 Å². The highest BCUT2D eigenvalue weighted by atomic mass is 32.1. The Kier molecular flexibility index (Phi) is 4.81. The fourth-order valence-corrected chi connectivity index (χ4v) is 3.23. The van der Waals surface area contributed by atoms with Crippen molar-refractivity contribution in [2.75, 3.05) is 13.1 Å². The molecule has 1 aliphatic heterocycles. The number of rotatable bonds is 5. The monoisotopic (exact) mass is 276 g/mol. The average Bonchev–Trinajstić information content (AvgIpc) is 2.74. The lowest BCUT2D eigenvalue weighted by Gasteiger charge is -2.29. The molecular formula is C16H24N2S. The fraction of sp³-hybridized carbons (Fsp3) is 0.562. The molecule has 1 aromatic rings. The van der Waals surface area contributed by atoms with E-state index < -0.39 is 0 Å². The first kappa shape index (κ1) is 14.3. The molecule has 0 amide bonds. The summed E-state index contributed by atoms with van der Waals surface area (Å²) in [6, 6.07) is 11.6. The Bertz CT molecular complexity index is 416. The summed E-state index contributed by atoms with van der Waals surface area (Å²) < 4.78 is 0. The summed E-state index contributed by atoms with van der Waals surface area (Å²) in [6.45, 7) is 8.80. The first-order chi connectivity index (χ1) is 9.15. The first-order valence-electron chi connectivity index (χ1n) is 7.27.